The number of anilines is 1. The summed E-state index contributed by atoms with van der Waals surface area (Å²) in [4.78, 5) is 12.1. The normalized spacial score (nSPS) is 20.3. The van der Waals surface area contributed by atoms with Gasteiger partial charge in [0.1, 0.15) is 5.78 Å². The number of rotatable bonds is 2. The van der Waals surface area contributed by atoms with Gasteiger partial charge in [0.05, 0.1) is 10.9 Å². The molecule has 1 fully saturated rings. The topological polar surface area (TPSA) is 29.1 Å². The third-order valence-corrected chi connectivity index (χ3v) is 3.05. The van der Waals surface area contributed by atoms with Crippen molar-refractivity contribution in [2.24, 2.45) is 5.92 Å². The molecule has 0 spiro atoms. The van der Waals surface area contributed by atoms with E-state index >= 15 is 0 Å². The first-order chi connectivity index (χ1) is 7.27. The van der Waals surface area contributed by atoms with Gasteiger partial charge in [-0.3, -0.25) is 4.79 Å². The zero-order chi connectivity index (χ0) is 10.7. The smallest absolute Gasteiger partial charge is 0.142 e. The van der Waals surface area contributed by atoms with Crippen molar-refractivity contribution in [1.82, 2.24) is 0 Å². The van der Waals surface area contributed by atoms with Gasteiger partial charge in [-0.05, 0) is 25.0 Å². The lowest BCUT2D eigenvalue weighted by atomic mass is 10.1. The molecule has 0 aromatic heterocycles. The third-order valence-electron chi connectivity index (χ3n) is 2.66. The van der Waals surface area contributed by atoms with Crippen molar-refractivity contribution >= 4 is 28.7 Å². The molecule has 0 radical (unpaired) electrons. The van der Waals surface area contributed by atoms with Gasteiger partial charge in [0.25, 0.3) is 0 Å². The standard InChI is InChI=1S/C12H13NOS/c14-11-8-4-7-10(11)12(15)13-9-5-2-1-3-6-9/h1-3,5-6,10H,4,7-8H2,(H,13,15). The van der Waals surface area contributed by atoms with Crippen molar-refractivity contribution in [3.63, 3.8) is 0 Å². The maximum absolute atomic E-state index is 11.5. The van der Waals surface area contributed by atoms with Crippen molar-refractivity contribution in [3.8, 4) is 0 Å². The number of para-hydroxylation sites is 1. The molecule has 2 nitrogen and oxygen atoms in total. The fraction of sp³-hybridized carbons (Fsp3) is 0.333. The summed E-state index contributed by atoms with van der Waals surface area (Å²) in [6.07, 6.45) is 2.55. The number of thiocarbonyl (C=S) groups is 1. The maximum Gasteiger partial charge on any atom is 0.142 e. The lowest BCUT2D eigenvalue weighted by molar-refractivity contribution is -0.118. The van der Waals surface area contributed by atoms with Gasteiger partial charge in [-0.1, -0.05) is 30.4 Å². The van der Waals surface area contributed by atoms with Gasteiger partial charge in [0.2, 0.25) is 0 Å². The molecule has 1 N–H and O–H groups in total. The number of nitrogens with one attached hydrogen (secondary N) is 1. The Morgan fingerprint density at radius 1 is 1.33 bits per heavy atom. The Hall–Kier alpha value is -1.22. The van der Waals surface area contributed by atoms with E-state index in [2.05, 4.69) is 5.32 Å². The monoisotopic (exact) mass is 219 g/mol. The molecule has 1 aromatic rings. The van der Waals surface area contributed by atoms with Gasteiger partial charge in [-0.25, -0.2) is 0 Å². The molecule has 1 aliphatic rings. The molecule has 2 rings (SSSR count). The van der Waals surface area contributed by atoms with Gasteiger partial charge < -0.3 is 5.32 Å². The van der Waals surface area contributed by atoms with Crippen molar-refractivity contribution in [3.05, 3.63) is 30.3 Å². The molecule has 0 heterocycles. The minimum Gasteiger partial charge on any atom is -0.349 e. The van der Waals surface area contributed by atoms with E-state index in [0.29, 0.717) is 11.4 Å². The second-order valence-electron chi connectivity index (χ2n) is 3.77. The second kappa shape index (κ2) is 4.53. The average molecular weight is 219 g/mol. The minimum absolute atomic E-state index is 0.0554. The Kier molecular flexibility index (Phi) is 3.11. The predicted octanol–water partition coefficient (Wildman–Crippen LogP) is 2.80. The van der Waals surface area contributed by atoms with E-state index in [1.54, 1.807) is 0 Å². The van der Waals surface area contributed by atoms with E-state index in [4.69, 9.17) is 12.2 Å². The molecule has 1 aromatic carbocycles. The van der Waals surface area contributed by atoms with E-state index in [1.807, 2.05) is 30.3 Å². The zero-order valence-electron chi connectivity index (χ0n) is 8.40. The van der Waals surface area contributed by atoms with Gasteiger partial charge in [0, 0.05) is 12.1 Å². The van der Waals surface area contributed by atoms with Crippen molar-refractivity contribution in [2.75, 3.05) is 5.32 Å². The first-order valence-electron chi connectivity index (χ1n) is 5.16. The number of carbonyl (C=O) groups is 1. The van der Waals surface area contributed by atoms with Gasteiger partial charge >= 0.3 is 0 Å². The van der Waals surface area contributed by atoms with Crippen LogP contribution in [-0.2, 0) is 4.79 Å². The summed E-state index contributed by atoms with van der Waals surface area (Å²) in [5.74, 6) is 0.226. The van der Waals surface area contributed by atoms with Gasteiger partial charge in [0.15, 0.2) is 0 Å². The Bertz CT molecular complexity index is 374. The average Bonchev–Trinajstić information content (AvgIpc) is 2.66. The summed E-state index contributed by atoms with van der Waals surface area (Å²) in [6, 6.07) is 9.75. The SMILES string of the molecule is O=C1CCCC1C(=S)Nc1ccccc1. The highest BCUT2D eigenvalue weighted by Crippen LogP contribution is 2.23. The number of Topliss-reactive ketones (excluding diaryl/α,β-unsaturated/α-hetero) is 1. The molecule has 0 saturated heterocycles. The lowest BCUT2D eigenvalue weighted by Crippen LogP contribution is -2.23. The molecule has 1 saturated carbocycles. The highest BCUT2D eigenvalue weighted by molar-refractivity contribution is 7.80. The third kappa shape index (κ3) is 2.42. The molecular formula is C12H13NOS. The summed E-state index contributed by atoms with van der Waals surface area (Å²) >= 11 is 5.24. The summed E-state index contributed by atoms with van der Waals surface area (Å²) in [5, 5.41) is 3.12. The molecule has 0 amide bonds. The van der Waals surface area contributed by atoms with Crippen LogP contribution in [0, 0.1) is 5.92 Å². The zero-order valence-corrected chi connectivity index (χ0v) is 9.22. The van der Waals surface area contributed by atoms with Gasteiger partial charge in [-0.2, -0.15) is 0 Å². The Morgan fingerprint density at radius 2 is 2.07 bits per heavy atom. The molecule has 1 atom stereocenters. The molecule has 1 aliphatic carbocycles. The summed E-state index contributed by atoms with van der Waals surface area (Å²) < 4.78 is 0. The van der Waals surface area contributed by atoms with Crippen molar-refractivity contribution in [2.45, 2.75) is 19.3 Å². The molecule has 1 unspecified atom stereocenters. The Balaban J connectivity index is 2.01. The Morgan fingerprint density at radius 3 is 2.67 bits per heavy atom. The molecule has 0 aliphatic heterocycles. The largest absolute Gasteiger partial charge is 0.349 e. The Labute approximate surface area is 94.7 Å². The van der Waals surface area contributed by atoms with Crippen LogP contribution in [0.15, 0.2) is 30.3 Å². The fourth-order valence-electron chi connectivity index (χ4n) is 1.84. The highest BCUT2D eigenvalue weighted by atomic mass is 32.1. The molecule has 78 valence electrons. The van der Waals surface area contributed by atoms with E-state index in [1.165, 1.54) is 0 Å². The molecular weight excluding hydrogens is 206 g/mol. The van der Waals surface area contributed by atoms with E-state index in [-0.39, 0.29) is 11.7 Å². The number of hydrogen-bond acceptors (Lipinski definition) is 2. The van der Waals surface area contributed by atoms with Crippen molar-refractivity contribution in [1.29, 1.82) is 0 Å². The molecule has 3 heteroatoms. The van der Waals surface area contributed by atoms with Crippen LogP contribution in [0.25, 0.3) is 0 Å². The summed E-state index contributed by atoms with van der Waals surface area (Å²) in [5.41, 5.74) is 0.960. The first-order valence-corrected chi connectivity index (χ1v) is 5.57. The first kappa shape index (κ1) is 10.3. The van der Waals surface area contributed by atoms with Crippen LogP contribution < -0.4 is 5.32 Å². The van der Waals surface area contributed by atoms with Crippen LogP contribution >= 0.6 is 12.2 Å². The number of benzene rings is 1. The number of hydrogen-bond donors (Lipinski definition) is 1. The fourth-order valence-corrected chi connectivity index (χ4v) is 2.21. The second-order valence-corrected chi connectivity index (χ2v) is 4.21. The molecule has 15 heavy (non-hydrogen) atoms. The van der Waals surface area contributed by atoms with Crippen molar-refractivity contribution < 1.29 is 4.79 Å². The van der Waals surface area contributed by atoms with E-state index in [9.17, 15) is 4.79 Å². The minimum atomic E-state index is -0.0554. The highest BCUT2D eigenvalue weighted by Gasteiger charge is 2.27. The quantitative estimate of drug-likeness (QED) is 0.775. The van der Waals surface area contributed by atoms with Crippen LogP contribution in [0.1, 0.15) is 19.3 Å². The van der Waals surface area contributed by atoms with Crippen LogP contribution in [0.3, 0.4) is 0 Å². The maximum atomic E-state index is 11.5. The number of ketones is 1. The summed E-state index contributed by atoms with van der Waals surface area (Å²) in [7, 11) is 0. The number of carbonyl (C=O) groups excluding carboxylic acids is 1. The van der Waals surface area contributed by atoms with E-state index in [0.717, 1.165) is 18.5 Å². The summed E-state index contributed by atoms with van der Waals surface area (Å²) in [6.45, 7) is 0. The lowest BCUT2D eigenvalue weighted by Gasteiger charge is -2.12. The van der Waals surface area contributed by atoms with Crippen LogP contribution in [0.4, 0.5) is 5.69 Å². The predicted molar refractivity (Wildman–Crippen MR) is 65.0 cm³/mol. The van der Waals surface area contributed by atoms with Crippen LogP contribution in [0.5, 0.6) is 0 Å². The van der Waals surface area contributed by atoms with Crippen LogP contribution in [0.2, 0.25) is 0 Å². The molecule has 0 bridgehead atoms. The van der Waals surface area contributed by atoms with Gasteiger partial charge in [-0.15, -0.1) is 0 Å². The van der Waals surface area contributed by atoms with E-state index < -0.39 is 0 Å². The van der Waals surface area contributed by atoms with Crippen LogP contribution in [-0.4, -0.2) is 10.8 Å².